The number of nitrogens with one attached hydrogen (secondary N) is 1. The molecule has 1 N–H and O–H groups in total. The van der Waals surface area contributed by atoms with Gasteiger partial charge in [0, 0.05) is 23.3 Å². The molecule has 0 bridgehead atoms. The van der Waals surface area contributed by atoms with Gasteiger partial charge < -0.3 is 14.5 Å². The maximum atomic E-state index is 13.6. The van der Waals surface area contributed by atoms with E-state index in [1.807, 2.05) is 24.4 Å². The number of aromatic amines is 1. The second-order valence-corrected chi connectivity index (χ2v) is 6.18. The molecular formula is C22H17F2NO2. The van der Waals surface area contributed by atoms with E-state index in [2.05, 4.69) is 11.1 Å². The maximum absolute atomic E-state index is 13.6. The highest BCUT2D eigenvalue weighted by molar-refractivity contribution is 5.79. The molecule has 0 saturated carbocycles. The third-order valence-electron chi connectivity index (χ3n) is 4.43. The first-order valence-corrected chi connectivity index (χ1v) is 8.46. The fourth-order valence-electron chi connectivity index (χ4n) is 3.01. The Morgan fingerprint density at radius 1 is 0.889 bits per heavy atom. The molecule has 0 atom stereocenters. The third-order valence-corrected chi connectivity index (χ3v) is 4.43. The lowest BCUT2D eigenvalue weighted by molar-refractivity contribution is 0.306. The van der Waals surface area contributed by atoms with Crippen LogP contribution in [0.25, 0.3) is 22.0 Å². The summed E-state index contributed by atoms with van der Waals surface area (Å²) in [5, 5.41) is 1.16. The topological polar surface area (TPSA) is 34.2 Å². The van der Waals surface area contributed by atoms with Crippen LogP contribution < -0.4 is 9.47 Å². The predicted molar refractivity (Wildman–Crippen MR) is 101 cm³/mol. The summed E-state index contributed by atoms with van der Waals surface area (Å²) in [6, 6.07) is 17.5. The average molecular weight is 365 g/mol. The van der Waals surface area contributed by atoms with Gasteiger partial charge in [-0.25, -0.2) is 8.78 Å². The third kappa shape index (κ3) is 3.49. The molecule has 27 heavy (non-hydrogen) atoms. The van der Waals surface area contributed by atoms with E-state index in [9.17, 15) is 8.78 Å². The summed E-state index contributed by atoms with van der Waals surface area (Å²) in [4.78, 5) is 3.18. The van der Waals surface area contributed by atoms with Gasteiger partial charge in [-0.2, -0.15) is 0 Å². The van der Waals surface area contributed by atoms with E-state index in [4.69, 9.17) is 9.47 Å². The van der Waals surface area contributed by atoms with Crippen LogP contribution >= 0.6 is 0 Å². The number of aromatic nitrogens is 1. The smallest absolute Gasteiger partial charge is 0.162 e. The second kappa shape index (κ2) is 7.11. The van der Waals surface area contributed by atoms with Crippen molar-refractivity contribution in [3.05, 3.63) is 84.1 Å². The molecule has 0 amide bonds. The number of halogens is 2. The van der Waals surface area contributed by atoms with Crippen LogP contribution in [-0.2, 0) is 6.61 Å². The Morgan fingerprint density at radius 3 is 2.44 bits per heavy atom. The van der Waals surface area contributed by atoms with E-state index in [-0.39, 0.29) is 5.75 Å². The quantitative estimate of drug-likeness (QED) is 0.492. The van der Waals surface area contributed by atoms with Gasteiger partial charge in [0.2, 0.25) is 0 Å². The van der Waals surface area contributed by atoms with Gasteiger partial charge in [0.05, 0.1) is 7.11 Å². The highest BCUT2D eigenvalue weighted by Gasteiger charge is 2.12. The highest BCUT2D eigenvalue weighted by Crippen LogP contribution is 2.33. The summed E-state index contributed by atoms with van der Waals surface area (Å²) in [5.41, 5.74) is 3.32. The zero-order chi connectivity index (χ0) is 18.8. The molecule has 5 heteroatoms. The molecule has 3 aromatic carbocycles. The molecule has 0 aliphatic carbocycles. The Bertz CT molecular complexity index is 1090. The molecule has 0 saturated heterocycles. The van der Waals surface area contributed by atoms with Crippen molar-refractivity contribution in [2.75, 3.05) is 7.11 Å². The van der Waals surface area contributed by atoms with Crippen molar-refractivity contribution >= 4 is 10.9 Å². The van der Waals surface area contributed by atoms with Crippen LogP contribution in [-0.4, -0.2) is 12.1 Å². The van der Waals surface area contributed by atoms with Crippen LogP contribution in [0.1, 0.15) is 5.56 Å². The molecule has 0 radical (unpaired) electrons. The minimum Gasteiger partial charge on any atom is -0.496 e. The van der Waals surface area contributed by atoms with Crippen LogP contribution in [0.3, 0.4) is 0 Å². The number of hydrogen-bond donors (Lipinski definition) is 1. The standard InChI is InChI=1S/C22H17F2NO2/c1-26-22-12-20(24)19(23)11-18(22)15-4-6-17(7-5-15)27-13-14-2-3-16-8-9-25-21(16)10-14/h2-12,25H,13H2,1H3. The normalized spacial score (nSPS) is 10.9. The number of H-pyrrole nitrogens is 1. The molecule has 0 spiro atoms. The molecule has 0 fully saturated rings. The van der Waals surface area contributed by atoms with Crippen LogP contribution in [0, 0.1) is 11.6 Å². The van der Waals surface area contributed by atoms with Crippen LogP contribution in [0.5, 0.6) is 11.5 Å². The molecule has 3 nitrogen and oxygen atoms in total. The van der Waals surface area contributed by atoms with E-state index < -0.39 is 11.6 Å². The maximum Gasteiger partial charge on any atom is 0.162 e. The van der Waals surface area contributed by atoms with E-state index in [0.29, 0.717) is 23.5 Å². The predicted octanol–water partition coefficient (Wildman–Crippen LogP) is 5.70. The van der Waals surface area contributed by atoms with E-state index in [1.165, 1.54) is 7.11 Å². The number of hydrogen-bond acceptors (Lipinski definition) is 2. The molecule has 0 unspecified atom stereocenters. The summed E-state index contributed by atoms with van der Waals surface area (Å²) >= 11 is 0. The first-order chi connectivity index (χ1) is 13.1. The molecule has 4 aromatic rings. The average Bonchev–Trinajstić information content (AvgIpc) is 3.16. The van der Waals surface area contributed by atoms with Crippen LogP contribution in [0.4, 0.5) is 8.78 Å². The Kier molecular flexibility index (Phi) is 4.50. The van der Waals surface area contributed by atoms with Gasteiger partial charge in [-0.1, -0.05) is 24.3 Å². The van der Waals surface area contributed by atoms with Gasteiger partial charge in [0.25, 0.3) is 0 Å². The van der Waals surface area contributed by atoms with Crippen molar-refractivity contribution in [3.63, 3.8) is 0 Å². The van der Waals surface area contributed by atoms with Crippen molar-refractivity contribution in [3.8, 4) is 22.6 Å². The minimum absolute atomic E-state index is 0.279. The summed E-state index contributed by atoms with van der Waals surface area (Å²) in [7, 11) is 1.43. The largest absolute Gasteiger partial charge is 0.496 e. The molecule has 4 rings (SSSR count). The summed E-state index contributed by atoms with van der Waals surface area (Å²) < 4.78 is 38.0. The molecular weight excluding hydrogens is 348 g/mol. The molecule has 0 aliphatic rings. The van der Waals surface area contributed by atoms with Crippen molar-refractivity contribution in [1.29, 1.82) is 0 Å². The van der Waals surface area contributed by atoms with Gasteiger partial charge in [-0.3, -0.25) is 0 Å². The summed E-state index contributed by atoms with van der Waals surface area (Å²) in [6.45, 7) is 0.433. The van der Waals surface area contributed by atoms with E-state index in [0.717, 1.165) is 28.6 Å². The first kappa shape index (κ1) is 17.1. The summed E-state index contributed by atoms with van der Waals surface area (Å²) in [5.74, 6) is -0.880. The second-order valence-electron chi connectivity index (χ2n) is 6.18. The van der Waals surface area contributed by atoms with Crippen molar-refractivity contribution in [1.82, 2.24) is 4.98 Å². The monoisotopic (exact) mass is 365 g/mol. The minimum atomic E-state index is -0.936. The Morgan fingerprint density at radius 2 is 1.67 bits per heavy atom. The Balaban J connectivity index is 1.51. The summed E-state index contributed by atoms with van der Waals surface area (Å²) in [6.07, 6.45) is 1.90. The van der Waals surface area contributed by atoms with Gasteiger partial charge in [0.1, 0.15) is 18.1 Å². The number of methoxy groups -OCH3 is 1. The van der Waals surface area contributed by atoms with Crippen molar-refractivity contribution in [2.45, 2.75) is 6.61 Å². The Hall–Kier alpha value is -3.34. The lowest BCUT2D eigenvalue weighted by atomic mass is 10.0. The zero-order valence-electron chi connectivity index (χ0n) is 14.6. The SMILES string of the molecule is COc1cc(F)c(F)cc1-c1ccc(OCc2ccc3cc[nH]c3c2)cc1. The molecule has 1 heterocycles. The van der Waals surface area contributed by atoms with Gasteiger partial charge in [-0.15, -0.1) is 0 Å². The fraction of sp³-hybridized carbons (Fsp3) is 0.0909. The number of benzene rings is 3. The molecule has 0 aliphatic heterocycles. The van der Waals surface area contributed by atoms with Crippen molar-refractivity contribution in [2.24, 2.45) is 0 Å². The number of fused-ring (bicyclic) bond motifs is 1. The molecule has 136 valence electrons. The Labute approximate surface area is 155 Å². The number of rotatable bonds is 5. The highest BCUT2D eigenvalue weighted by atomic mass is 19.2. The van der Waals surface area contributed by atoms with Gasteiger partial charge in [0.15, 0.2) is 11.6 Å². The van der Waals surface area contributed by atoms with Crippen LogP contribution in [0.2, 0.25) is 0 Å². The lowest BCUT2D eigenvalue weighted by Crippen LogP contribution is -1.96. The molecule has 1 aromatic heterocycles. The van der Waals surface area contributed by atoms with Gasteiger partial charge in [-0.05, 0) is 46.8 Å². The van der Waals surface area contributed by atoms with E-state index >= 15 is 0 Å². The van der Waals surface area contributed by atoms with E-state index in [1.54, 1.807) is 24.3 Å². The fourth-order valence-corrected chi connectivity index (χ4v) is 3.01. The van der Waals surface area contributed by atoms with Gasteiger partial charge >= 0.3 is 0 Å². The van der Waals surface area contributed by atoms with Crippen LogP contribution in [0.15, 0.2) is 66.9 Å². The van der Waals surface area contributed by atoms with Crippen molar-refractivity contribution < 1.29 is 18.3 Å². The number of ether oxygens (including phenoxy) is 2. The zero-order valence-corrected chi connectivity index (χ0v) is 14.6. The first-order valence-electron chi connectivity index (χ1n) is 8.46. The lowest BCUT2D eigenvalue weighted by Gasteiger charge is -2.11.